The van der Waals surface area contributed by atoms with Crippen molar-refractivity contribution in [2.24, 2.45) is 0 Å². The molecule has 1 aromatic carbocycles. The van der Waals surface area contributed by atoms with Crippen molar-refractivity contribution in [3.63, 3.8) is 0 Å². The first-order valence-electron chi connectivity index (χ1n) is 6.43. The van der Waals surface area contributed by atoms with Gasteiger partial charge in [0.1, 0.15) is 6.61 Å². The largest absolute Gasteiger partial charge is 0.445 e. The summed E-state index contributed by atoms with van der Waals surface area (Å²) >= 11 is 0. The third-order valence-electron chi connectivity index (χ3n) is 3.26. The molecule has 1 atom stereocenters. The van der Waals surface area contributed by atoms with E-state index in [2.05, 4.69) is 5.32 Å². The Morgan fingerprint density at radius 3 is 3.00 bits per heavy atom. The first-order chi connectivity index (χ1) is 8.81. The second-order valence-electron chi connectivity index (χ2n) is 4.59. The van der Waals surface area contributed by atoms with E-state index in [1.807, 2.05) is 42.3 Å². The molecular weight excluding hydrogens is 228 g/mol. The molecule has 1 saturated heterocycles. The summed E-state index contributed by atoms with van der Waals surface area (Å²) in [5.74, 6) is 0. The summed E-state index contributed by atoms with van der Waals surface area (Å²) in [6, 6.07) is 10.0. The van der Waals surface area contributed by atoms with Gasteiger partial charge < -0.3 is 15.0 Å². The Kier molecular flexibility index (Phi) is 4.59. The number of likely N-dealkylation sites (tertiary alicyclic amines) is 1. The highest BCUT2D eigenvalue weighted by molar-refractivity contribution is 5.68. The van der Waals surface area contributed by atoms with E-state index in [0.29, 0.717) is 6.61 Å². The molecule has 1 aliphatic rings. The molecule has 18 heavy (non-hydrogen) atoms. The second-order valence-corrected chi connectivity index (χ2v) is 4.59. The van der Waals surface area contributed by atoms with Crippen molar-refractivity contribution in [3.05, 3.63) is 35.9 Å². The molecule has 1 aromatic rings. The number of rotatable bonds is 4. The van der Waals surface area contributed by atoms with E-state index in [1.165, 1.54) is 0 Å². The Morgan fingerprint density at radius 1 is 1.50 bits per heavy atom. The van der Waals surface area contributed by atoms with Crippen LogP contribution in [-0.2, 0) is 11.3 Å². The minimum Gasteiger partial charge on any atom is -0.445 e. The van der Waals surface area contributed by atoms with Crippen LogP contribution in [0.15, 0.2) is 30.3 Å². The van der Waals surface area contributed by atoms with Crippen LogP contribution in [0.1, 0.15) is 19.8 Å². The molecule has 0 aromatic heterocycles. The summed E-state index contributed by atoms with van der Waals surface area (Å²) in [5.41, 5.74) is 1.02. The summed E-state index contributed by atoms with van der Waals surface area (Å²) in [6.07, 6.45) is 1.92. The van der Waals surface area contributed by atoms with Crippen LogP contribution in [0.2, 0.25) is 0 Å². The fourth-order valence-electron chi connectivity index (χ4n) is 2.33. The predicted molar refractivity (Wildman–Crippen MR) is 72.4 cm³/mol. The van der Waals surface area contributed by atoms with E-state index in [0.717, 1.165) is 31.5 Å². The third kappa shape index (κ3) is 3.23. The molecule has 0 bridgehead atoms. The van der Waals surface area contributed by atoms with Gasteiger partial charge in [0.25, 0.3) is 0 Å². The molecule has 4 heteroatoms. The average Bonchev–Trinajstić information content (AvgIpc) is 2.86. The van der Waals surface area contributed by atoms with Gasteiger partial charge in [-0.1, -0.05) is 30.3 Å². The number of carbonyl (C=O) groups is 1. The minimum atomic E-state index is -0.198. The van der Waals surface area contributed by atoms with Gasteiger partial charge in [0.2, 0.25) is 0 Å². The molecule has 0 aliphatic carbocycles. The number of nitrogens with zero attached hydrogens (tertiary/aromatic N) is 1. The third-order valence-corrected chi connectivity index (χ3v) is 3.26. The number of nitrogens with one attached hydrogen (secondary N) is 1. The smallest absolute Gasteiger partial charge is 0.410 e. The van der Waals surface area contributed by atoms with Gasteiger partial charge in [0.05, 0.1) is 0 Å². The van der Waals surface area contributed by atoms with Gasteiger partial charge in [-0.15, -0.1) is 0 Å². The van der Waals surface area contributed by atoms with Crippen molar-refractivity contribution in [2.75, 3.05) is 20.1 Å². The number of hydrogen-bond acceptors (Lipinski definition) is 3. The highest BCUT2D eigenvalue weighted by Crippen LogP contribution is 2.18. The molecule has 1 N–H and O–H groups in total. The first kappa shape index (κ1) is 12.9. The lowest BCUT2D eigenvalue weighted by atomic mass is 10.2. The Balaban J connectivity index is 0.00000180. The van der Waals surface area contributed by atoms with Crippen LogP contribution in [0.25, 0.3) is 0 Å². The van der Waals surface area contributed by atoms with Crippen LogP contribution in [0.3, 0.4) is 0 Å². The standard InChI is InChI=1S/C14H20N2O2.H2/c1-15-10-13-8-5-9-16(13)14(17)18-11-12-6-3-2-4-7-12;/h2-4,6-7,13,15H,5,8-11H2,1H3;1H/t13-;/m0./s1. The lowest BCUT2D eigenvalue weighted by Crippen LogP contribution is -2.41. The minimum absolute atomic E-state index is 0. The predicted octanol–water partition coefficient (Wildman–Crippen LogP) is 2.25. The van der Waals surface area contributed by atoms with Crippen LogP contribution in [-0.4, -0.2) is 37.2 Å². The van der Waals surface area contributed by atoms with Gasteiger partial charge >= 0.3 is 6.09 Å². The first-order valence-corrected chi connectivity index (χ1v) is 6.43. The summed E-state index contributed by atoms with van der Waals surface area (Å²) in [6.45, 7) is 1.99. The van der Waals surface area contributed by atoms with Crippen LogP contribution >= 0.6 is 0 Å². The molecule has 0 radical (unpaired) electrons. The van der Waals surface area contributed by atoms with E-state index in [9.17, 15) is 4.79 Å². The topological polar surface area (TPSA) is 41.6 Å². The van der Waals surface area contributed by atoms with Crippen molar-refractivity contribution < 1.29 is 11.0 Å². The van der Waals surface area contributed by atoms with E-state index in [-0.39, 0.29) is 13.6 Å². The Labute approximate surface area is 109 Å². The zero-order valence-corrected chi connectivity index (χ0v) is 10.8. The molecule has 1 heterocycles. The molecule has 1 fully saturated rings. The second kappa shape index (κ2) is 6.40. The number of ether oxygens (including phenoxy) is 1. The number of carbonyl (C=O) groups excluding carboxylic acids is 1. The van der Waals surface area contributed by atoms with Crippen LogP contribution < -0.4 is 5.32 Å². The van der Waals surface area contributed by atoms with Crippen molar-refractivity contribution in [3.8, 4) is 0 Å². The summed E-state index contributed by atoms with van der Waals surface area (Å²) in [4.78, 5) is 13.8. The Morgan fingerprint density at radius 2 is 2.28 bits per heavy atom. The van der Waals surface area contributed by atoms with Crippen LogP contribution in [0.5, 0.6) is 0 Å². The van der Waals surface area contributed by atoms with E-state index < -0.39 is 0 Å². The van der Waals surface area contributed by atoms with E-state index in [1.54, 1.807) is 0 Å². The molecule has 2 rings (SSSR count). The molecule has 1 amide bonds. The van der Waals surface area contributed by atoms with Gasteiger partial charge in [-0.3, -0.25) is 0 Å². The maximum Gasteiger partial charge on any atom is 0.410 e. The number of amides is 1. The van der Waals surface area contributed by atoms with Gasteiger partial charge in [-0.05, 0) is 25.5 Å². The molecular formula is C14H22N2O2. The maximum absolute atomic E-state index is 12.0. The number of benzene rings is 1. The lowest BCUT2D eigenvalue weighted by Gasteiger charge is -2.23. The summed E-state index contributed by atoms with van der Waals surface area (Å²) in [7, 11) is 1.91. The highest BCUT2D eigenvalue weighted by Gasteiger charge is 2.29. The van der Waals surface area contributed by atoms with Crippen LogP contribution in [0.4, 0.5) is 4.79 Å². The molecule has 100 valence electrons. The zero-order chi connectivity index (χ0) is 12.8. The maximum atomic E-state index is 12.0. The molecule has 0 saturated carbocycles. The quantitative estimate of drug-likeness (QED) is 0.891. The lowest BCUT2D eigenvalue weighted by molar-refractivity contribution is 0.0922. The monoisotopic (exact) mass is 250 g/mol. The highest BCUT2D eigenvalue weighted by atomic mass is 16.6. The fraction of sp³-hybridized carbons (Fsp3) is 0.500. The summed E-state index contributed by atoms with van der Waals surface area (Å²) < 4.78 is 5.35. The van der Waals surface area contributed by atoms with Gasteiger partial charge in [0.15, 0.2) is 0 Å². The van der Waals surface area contributed by atoms with Crippen molar-refractivity contribution in [1.29, 1.82) is 0 Å². The molecule has 0 unspecified atom stereocenters. The Hall–Kier alpha value is -1.55. The van der Waals surface area contributed by atoms with Gasteiger partial charge in [-0.25, -0.2) is 4.79 Å². The SMILES string of the molecule is CNC[C@@H]1CCCN1C(=O)OCc1ccccc1.[HH]. The van der Waals surface area contributed by atoms with Crippen LogP contribution in [0, 0.1) is 0 Å². The van der Waals surface area contributed by atoms with Gasteiger partial charge in [0, 0.05) is 20.6 Å². The molecule has 1 aliphatic heterocycles. The summed E-state index contributed by atoms with van der Waals surface area (Å²) in [5, 5.41) is 3.12. The molecule has 4 nitrogen and oxygen atoms in total. The fourth-order valence-corrected chi connectivity index (χ4v) is 2.33. The van der Waals surface area contributed by atoms with Crippen molar-refractivity contribution in [1.82, 2.24) is 10.2 Å². The number of hydrogen-bond donors (Lipinski definition) is 1. The zero-order valence-electron chi connectivity index (χ0n) is 10.8. The van der Waals surface area contributed by atoms with E-state index in [4.69, 9.17) is 4.74 Å². The average molecular weight is 250 g/mol. The van der Waals surface area contributed by atoms with Gasteiger partial charge in [-0.2, -0.15) is 0 Å². The van der Waals surface area contributed by atoms with Crippen molar-refractivity contribution in [2.45, 2.75) is 25.5 Å². The van der Waals surface area contributed by atoms with Crippen molar-refractivity contribution >= 4 is 6.09 Å². The normalized spacial score (nSPS) is 18.9. The number of likely N-dealkylation sites (N-methyl/N-ethyl adjacent to an activating group) is 1. The van der Waals surface area contributed by atoms with E-state index >= 15 is 0 Å². The Bertz CT molecular complexity index is 386. The molecule has 0 spiro atoms.